The smallest absolute Gasteiger partial charge is 0.221 e. The number of aromatic nitrogens is 2. The van der Waals surface area contributed by atoms with Crippen molar-refractivity contribution in [3.63, 3.8) is 0 Å². The van der Waals surface area contributed by atoms with E-state index < -0.39 is 0 Å². The average Bonchev–Trinajstić information content (AvgIpc) is 2.61. The molecule has 4 aromatic rings. The van der Waals surface area contributed by atoms with E-state index >= 15 is 0 Å². The first-order valence-electron chi connectivity index (χ1n) is 7.59. The summed E-state index contributed by atoms with van der Waals surface area (Å²) in [6.07, 6.45) is 0. The second-order valence-corrected chi connectivity index (χ2v) is 5.97. The van der Waals surface area contributed by atoms with Gasteiger partial charge >= 0.3 is 0 Å². The number of anilines is 1. The van der Waals surface area contributed by atoms with Crippen LogP contribution in [0.1, 0.15) is 0 Å². The van der Waals surface area contributed by atoms with Crippen LogP contribution in [0.2, 0.25) is 5.02 Å². The highest BCUT2D eigenvalue weighted by molar-refractivity contribution is 6.30. The van der Waals surface area contributed by atoms with Crippen LogP contribution in [0.15, 0.2) is 72.8 Å². The van der Waals surface area contributed by atoms with E-state index in [1.807, 2.05) is 54.6 Å². The van der Waals surface area contributed by atoms with Gasteiger partial charge in [-0.2, -0.15) is 0 Å². The third-order valence-corrected chi connectivity index (χ3v) is 4.16. The van der Waals surface area contributed by atoms with Crippen molar-refractivity contribution in [2.45, 2.75) is 0 Å². The summed E-state index contributed by atoms with van der Waals surface area (Å²) in [5.74, 6) is 0.246. The van der Waals surface area contributed by atoms with Gasteiger partial charge in [0.2, 0.25) is 5.95 Å². The Morgan fingerprint density at radius 1 is 0.750 bits per heavy atom. The van der Waals surface area contributed by atoms with Gasteiger partial charge in [0.1, 0.15) is 0 Å². The molecule has 0 saturated carbocycles. The molecule has 1 aromatic heterocycles. The maximum absolute atomic E-state index is 6.09. The van der Waals surface area contributed by atoms with Crippen LogP contribution in [0, 0.1) is 0 Å². The minimum absolute atomic E-state index is 0.246. The summed E-state index contributed by atoms with van der Waals surface area (Å²) < 4.78 is 0. The molecule has 0 spiro atoms. The first-order valence-corrected chi connectivity index (χ1v) is 7.97. The predicted molar refractivity (Wildman–Crippen MR) is 99.8 cm³/mol. The van der Waals surface area contributed by atoms with E-state index in [0.29, 0.717) is 5.02 Å². The van der Waals surface area contributed by atoms with Gasteiger partial charge in [-0.05, 0) is 29.0 Å². The maximum atomic E-state index is 6.09. The van der Waals surface area contributed by atoms with Crippen molar-refractivity contribution in [1.82, 2.24) is 9.97 Å². The molecule has 0 aliphatic rings. The Labute approximate surface area is 144 Å². The molecule has 3 aromatic carbocycles. The van der Waals surface area contributed by atoms with Gasteiger partial charge < -0.3 is 5.73 Å². The first kappa shape index (κ1) is 14.7. The standard InChI is InChI=1S/C20H14ClN3/c21-15-8-3-7-14(11-15)18-12-19(24-20(22)23-18)17-10-4-6-13-5-1-2-9-16(13)17/h1-12H,(H2,22,23,24). The molecule has 0 saturated heterocycles. The zero-order chi connectivity index (χ0) is 16.5. The van der Waals surface area contributed by atoms with Crippen molar-refractivity contribution in [3.8, 4) is 22.5 Å². The van der Waals surface area contributed by atoms with E-state index in [1.165, 1.54) is 0 Å². The van der Waals surface area contributed by atoms with Gasteiger partial charge in [0, 0.05) is 16.1 Å². The van der Waals surface area contributed by atoms with Gasteiger partial charge in [-0.25, -0.2) is 9.97 Å². The second kappa shape index (κ2) is 5.95. The Kier molecular flexibility index (Phi) is 3.63. The van der Waals surface area contributed by atoms with Gasteiger partial charge in [0.15, 0.2) is 0 Å². The molecule has 116 valence electrons. The molecule has 0 aliphatic carbocycles. The molecule has 0 radical (unpaired) electrons. The molecule has 0 amide bonds. The highest BCUT2D eigenvalue weighted by Crippen LogP contribution is 2.30. The molecule has 24 heavy (non-hydrogen) atoms. The van der Waals surface area contributed by atoms with E-state index in [0.717, 1.165) is 33.3 Å². The fourth-order valence-corrected chi connectivity index (χ4v) is 3.04. The van der Waals surface area contributed by atoms with Gasteiger partial charge in [-0.1, -0.05) is 66.2 Å². The van der Waals surface area contributed by atoms with Crippen molar-refractivity contribution in [2.75, 3.05) is 5.73 Å². The zero-order valence-corrected chi connectivity index (χ0v) is 13.5. The highest BCUT2D eigenvalue weighted by Gasteiger charge is 2.10. The van der Waals surface area contributed by atoms with Gasteiger partial charge in [0.25, 0.3) is 0 Å². The number of hydrogen-bond acceptors (Lipinski definition) is 3. The summed E-state index contributed by atoms with van der Waals surface area (Å²) in [6, 6.07) is 23.9. The van der Waals surface area contributed by atoms with Gasteiger partial charge in [-0.3, -0.25) is 0 Å². The predicted octanol–water partition coefficient (Wildman–Crippen LogP) is 5.20. The number of nitrogens with two attached hydrogens (primary N) is 1. The number of nitrogen functional groups attached to an aromatic ring is 1. The van der Waals surface area contributed by atoms with Crippen LogP contribution in [0.4, 0.5) is 5.95 Å². The number of benzene rings is 3. The molecule has 0 aliphatic heterocycles. The molecule has 2 N–H and O–H groups in total. The van der Waals surface area contributed by atoms with E-state index in [1.54, 1.807) is 0 Å². The first-order chi connectivity index (χ1) is 11.7. The molecule has 3 nitrogen and oxygen atoms in total. The van der Waals surface area contributed by atoms with E-state index in [-0.39, 0.29) is 5.95 Å². The molecule has 0 unspecified atom stereocenters. The Balaban J connectivity index is 1.93. The molecular formula is C20H14ClN3. The van der Waals surface area contributed by atoms with Crippen molar-refractivity contribution < 1.29 is 0 Å². The van der Waals surface area contributed by atoms with Crippen LogP contribution in [0.3, 0.4) is 0 Å². The minimum Gasteiger partial charge on any atom is -0.368 e. The van der Waals surface area contributed by atoms with Crippen molar-refractivity contribution >= 4 is 28.3 Å². The minimum atomic E-state index is 0.246. The molecule has 0 fully saturated rings. The number of hydrogen-bond donors (Lipinski definition) is 1. The lowest BCUT2D eigenvalue weighted by atomic mass is 10.0. The van der Waals surface area contributed by atoms with Crippen LogP contribution in [-0.2, 0) is 0 Å². The van der Waals surface area contributed by atoms with E-state index in [2.05, 4.69) is 28.2 Å². The lowest BCUT2D eigenvalue weighted by molar-refractivity contribution is 1.19. The Bertz CT molecular complexity index is 1040. The number of rotatable bonds is 2. The highest BCUT2D eigenvalue weighted by atomic mass is 35.5. The van der Waals surface area contributed by atoms with Crippen LogP contribution < -0.4 is 5.73 Å². The van der Waals surface area contributed by atoms with Crippen molar-refractivity contribution in [1.29, 1.82) is 0 Å². The van der Waals surface area contributed by atoms with Gasteiger partial charge in [0.05, 0.1) is 11.4 Å². The van der Waals surface area contributed by atoms with Crippen LogP contribution in [0.5, 0.6) is 0 Å². The topological polar surface area (TPSA) is 51.8 Å². The Morgan fingerprint density at radius 2 is 1.50 bits per heavy atom. The zero-order valence-electron chi connectivity index (χ0n) is 12.8. The van der Waals surface area contributed by atoms with E-state index in [9.17, 15) is 0 Å². The SMILES string of the molecule is Nc1nc(-c2cccc(Cl)c2)cc(-c2cccc3ccccc23)n1. The number of fused-ring (bicyclic) bond motifs is 1. The number of halogens is 1. The fourth-order valence-electron chi connectivity index (χ4n) is 2.85. The fraction of sp³-hybridized carbons (Fsp3) is 0. The van der Waals surface area contributed by atoms with Crippen LogP contribution >= 0.6 is 11.6 Å². The van der Waals surface area contributed by atoms with Gasteiger partial charge in [-0.15, -0.1) is 0 Å². The summed E-state index contributed by atoms with van der Waals surface area (Å²) in [6.45, 7) is 0. The molecule has 0 bridgehead atoms. The average molecular weight is 332 g/mol. The van der Waals surface area contributed by atoms with E-state index in [4.69, 9.17) is 17.3 Å². The second-order valence-electron chi connectivity index (χ2n) is 5.53. The van der Waals surface area contributed by atoms with Crippen LogP contribution in [0.25, 0.3) is 33.3 Å². The number of nitrogens with zero attached hydrogens (tertiary/aromatic N) is 2. The summed E-state index contributed by atoms with van der Waals surface area (Å²) in [5.41, 5.74) is 9.47. The van der Waals surface area contributed by atoms with Crippen molar-refractivity contribution in [3.05, 3.63) is 77.8 Å². The molecule has 0 atom stereocenters. The maximum Gasteiger partial charge on any atom is 0.221 e. The third kappa shape index (κ3) is 2.70. The summed E-state index contributed by atoms with van der Waals surface area (Å²) in [4.78, 5) is 8.79. The monoisotopic (exact) mass is 331 g/mol. The molecular weight excluding hydrogens is 318 g/mol. The third-order valence-electron chi connectivity index (χ3n) is 3.93. The Hall–Kier alpha value is -2.91. The summed E-state index contributed by atoms with van der Waals surface area (Å²) in [5, 5.41) is 2.96. The lowest BCUT2D eigenvalue weighted by Crippen LogP contribution is -1.99. The summed E-state index contributed by atoms with van der Waals surface area (Å²) in [7, 11) is 0. The molecule has 4 heteroatoms. The summed E-state index contributed by atoms with van der Waals surface area (Å²) >= 11 is 6.09. The van der Waals surface area contributed by atoms with Crippen LogP contribution in [-0.4, -0.2) is 9.97 Å². The van der Waals surface area contributed by atoms with Crippen molar-refractivity contribution in [2.24, 2.45) is 0 Å². The Morgan fingerprint density at radius 3 is 2.38 bits per heavy atom. The lowest BCUT2D eigenvalue weighted by Gasteiger charge is -2.09. The normalized spacial score (nSPS) is 10.9. The quantitative estimate of drug-likeness (QED) is 0.549. The molecule has 1 heterocycles. The molecule has 4 rings (SSSR count). The largest absolute Gasteiger partial charge is 0.368 e.